The number of aryl methyl sites for hydroxylation is 1. The maximum Gasteiger partial charge on any atom is 0.264 e. The van der Waals surface area contributed by atoms with E-state index in [0.29, 0.717) is 17.3 Å². The third-order valence-electron chi connectivity index (χ3n) is 5.43. The molecule has 0 radical (unpaired) electrons. The molecule has 0 saturated carbocycles. The van der Waals surface area contributed by atoms with Gasteiger partial charge in [0.2, 0.25) is 10.0 Å². The standard InChI is InChI=1S/C19H24N2O3S3/c22-19(18-16-7-2-1-6-15(16)13-26-18)21-9-3-5-14(12-21)11-20-27(23,24)17-8-4-10-25-17/h4,8,10,13-14,20H,1-3,5-7,9,11-12H2/t14-/m1/s1. The number of amides is 1. The first kappa shape index (κ1) is 19.1. The largest absolute Gasteiger partial charge is 0.338 e. The number of hydrogen-bond donors (Lipinski definition) is 1. The SMILES string of the molecule is O=C(c1scc2c1CCCC2)N1CCC[C@H](CNS(=O)(=O)c2cccs2)C1. The van der Waals surface area contributed by atoms with E-state index in [4.69, 9.17) is 0 Å². The van der Waals surface area contributed by atoms with Crippen LogP contribution in [-0.4, -0.2) is 38.9 Å². The third kappa shape index (κ3) is 4.13. The average molecular weight is 425 g/mol. The molecule has 0 aromatic carbocycles. The molecule has 1 aliphatic carbocycles. The molecular weight excluding hydrogens is 400 g/mol. The first-order valence-corrected chi connectivity index (χ1v) is 12.7. The van der Waals surface area contributed by atoms with Crippen molar-refractivity contribution in [2.45, 2.75) is 42.7 Å². The van der Waals surface area contributed by atoms with Gasteiger partial charge in [0.05, 0.1) is 4.88 Å². The zero-order valence-corrected chi connectivity index (χ0v) is 17.6. The van der Waals surface area contributed by atoms with Crippen LogP contribution in [0.4, 0.5) is 0 Å². The number of likely N-dealkylation sites (tertiary alicyclic amines) is 1. The molecule has 3 heterocycles. The number of nitrogens with one attached hydrogen (secondary N) is 1. The van der Waals surface area contributed by atoms with Gasteiger partial charge in [-0.1, -0.05) is 6.07 Å². The minimum absolute atomic E-state index is 0.133. The van der Waals surface area contributed by atoms with Crippen molar-refractivity contribution in [1.29, 1.82) is 0 Å². The number of rotatable bonds is 5. The second-order valence-corrected chi connectivity index (χ2v) is 11.1. The first-order valence-electron chi connectivity index (χ1n) is 9.46. The van der Waals surface area contributed by atoms with Gasteiger partial charge >= 0.3 is 0 Å². The molecule has 27 heavy (non-hydrogen) atoms. The van der Waals surface area contributed by atoms with Gasteiger partial charge in [-0.3, -0.25) is 4.79 Å². The second-order valence-electron chi connectivity index (χ2n) is 7.32. The summed E-state index contributed by atoms with van der Waals surface area (Å²) in [5, 5.41) is 3.91. The molecule has 0 bridgehead atoms. The summed E-state index contributed by atoms with van der Waals surface area (Å²) in [4.78, 5) is 15.9. The molecule has 1 atom stereocenters. The molecule has 8 heteroatoms. The molecule has 1 aliphatic heterocycles. The number of carbonyl (C=O) groups excluding carboxylic acids is 1. The molecule has 1 N–H and O–H groups in total. The van der Waals surface area contributed by atoms with Gasteiger partial charge in [-0.15, -0.1) is 22.7 Å². The molecule has 2 aromatic heterocycles. The van der Waals surface area contributed by atoms with Crippen LogP contribution in [0.3, 0.4) is 0 Å². The predicted molar refractivity (Wildman–Crippen MR) is 109 cm³/mol. The first-order chi connectivity index (χ1) is 13.0. The van der Waals surface area contributed by atoms with E-state index < -0.39 is 10.0 Å². The number of thiophene rings is 2. The van der Waals surface area contributed by atoms with Crippen LogP contribution in [0, 0.1) is 5.92 Å². The van der Waals surface area contributed by atoms with Gasteiger partial charge in [-0.25, -0.2) is 13.1 Å². The maximum atomic E-state index is 13.1. The normalized spacial score (nSPS) is 20.4. The molecule has 146 valence electrons. The highest BCUT2D eigenvalue weighted by molar-refractivity contribution is 7.91. The Labute approximate surface area is 168 Å². The van der Waals surface area contributed by atoms with E-state index in [1.165, 1.54) is 28.9 Å². The fourth-order valence-corrected chi connectivity index (χ4v) is 7.25. The van der Waals surface area contributed by atoms with Crippen LogP contribution in [0.15, 0.2) is 27.1 Å². The quantitative estimate of drug-likeness (QED) is 0.799. The fourth-order valence-electron chi connectivity index (χ4n) is 3.97. The van der Waals surface area contributed by atoms with Crippen LogP contribution >= 0.6 is 22.7 Å². The van der Waals surface area contributed by atoms with Crippen LogP contribution in [0.2, 0.25) is 0 Å². The Morgan fingerprint density at radius 1 is 1.22 bits per heavy atom. The molecule has 1 amide bonds. The Balaban J connectivity index is 1.39. The van der Waals surface area contributed by atoms with Crippen LogP contribution in [0.1, 0.15) is 46.5 Å². The number of nitrogens with zero attached hydrogens (tertiary/aromatic N) is 1. The zero-order chi connectivity index (χ0) is 18.9. The average Bonchev–Trinajstić information content (AvgIpc) is 3.36. The van der Waals surface area contributed by atoms with Gasteiger partial charge in [-0.2, -0.15) is 0 Å². The van der Waals surface area contributed by atoms with E-state index in [2.05, 4.69) is 10.1 Å². The Hall–Kier alpha value is -1.22. The van der Waals surface area contributed by atoms with Gasteiger partial charge in [0, 0.05) is 19.6 Å². The van der Waals surface area contributed by atoms with Crippen molar-refractivity contribution in [3.8, 4) is 0 Å². The van der Waals surface area contributed by atoms with Crippen LogP contribution < -0.4 is 4.72 Å². The Morgan fingerprint density at radius 2 is 2.07 bits per heavy atom. The van der Waals surface area contributed by atoms with E-state index in [0.717, 1.165) is 43.5 Å². The van der Waals surface area contributed by atoms with E-state index in [1.54, 1.807) is 28.8 Å². The molecule has 4 rings (SSSR count). The van der Waals surface area contributed by atoms with Gasteiger partial charge in [-0.05, 0) is 72.4 Å². The summed E-state index contributed by atoms with van der Waals surface area (Å²) in [6.07, 6.45) is 6.35. The topological polar surface area (TPSA) is 66.5 Å². The molecule has 2 aliphatic rings. The number of hydrogen-bond acceptors (Lipinski definition) is 5. The second kappa shape index (κ2) is 8.03. The summed E-state index contributed by atoms with van der Waals surface area (Å²) < 4.78 is 27.7. The maximum absolute atomic E-state index is 13.1. The lowest BCUT2D eigenvalue weighted by Crippen LogP contribution is -2.43. The van der Waals surface area contributed by atoms with Crippen molar-refractivity contribution in [2.75, 3.05) is 19.6 Å². The van der Waals surface area contributed by atoms with Crippen molar-refractivity contribution < 1.29 is 13.2 Å². The molecule has 2 aromatic rings. The van der Waals surface area contributed by atoms with Gasteiger partial charge in [0.15, 0.2) is 0 Å². The number of sulfonamides is 1. The zero-order valence-electron chi connectivity index (χ0n) is 15.1. The molecular formula is C19H24N2O3S3. The van der Waals surface area contributed by atoms with Crippen molar-refractivity contribution in [1.82, 2.24) is 9.62 Å². The van der Waals surface area contributed by atoms with E-state index in [9.17, 15) is 13.2 Å². The Morgan fingerprint density at radius 3 is 2.89 bits per heavy atom. The van der Waals surface area contributed by atoms with Crippen LogP contribution in [-0.2, 0) is 22.9 Å². The summed E-state index contributed by atoms with van der Waals surface area (Å²) in [5.74, 6) is 0.294. The molecule has 0 spiro atoms. The predicted octanol–water partition coefficient (Wildman–Crippen LogP) is 3.52. The lowest BCUT2D eigenvalue weighted by molar-refractivity contribution is 0.0680. The van der Waals surface area contributed by atoms with Crippen molar-refractivity contribution in [3.05, 3.63) is 38.9 Å². The monoisotopic (exact) mass is 424 g/mol. The van der Waals surface area contributed by atoms with Gasteiger partial charge in [0.1, 0.15) is 4.21 Å². The molecule has 5 nitrogen and oxygen atoms in total. The van der Waals surface area contributed by atoms with Gasteiger partial charge in [0.25, 0.3) is 5.91 Å². The number of piperidine rings is 1. The lowest BCUT2D eigenvalue weighted by atomic mass is 9.93. The fraction of sp³-hybridized carbons (Fsp3) is 0.526. The lowest BCUT2D eigenvalue weighted by Gasteiger charge is -2.33. The highest BCUT2D eigenvalue weighted by atomic mass is 32.2. The Kier molecular flexibility index (Phi) is 5.68. The van der Waals surface area contributed by atoms with Gasteiger partial charge < -0.3 is 4.90 Å². The molecule has 1 saturated heterocycles. The van der Waals surface area contributed by atoms with Crippen LogP contribution in [0.5, 0.6) is 0 Å². The van der Waals surface area contributed by atoms with Crippen molar-refractivity contribution in [2.24, 2.45) is 5.92 Å². The number of fused-ring (bicyclic) bond motifs is 1. The summed E-state index contributed by atoms with van der Waals surface area (Å²) in [6.45, 7) is 1.77. The molecule has 0 unspecified atom stereocenters. The minimum Gasteiger partial charge on any atom is -0.338 e. The van der Waals surface area contributed by atoms with Crippen LogP contribution in [0.25, 0.3) is 0 Å². The minimum atomic E-state index is -3.44. The summed E-state index contributed by atoms with van der Waals surface area (Å²) in [7, 11) is -3.44. The smallest absolute Gasteiger partial charge is 0.264 e. The highest BCUT2D eigenvalue weighted by Crippen LogP contribution is 2.31. The van der Waals surface area contributed by atoms with E-state index in [1.807, 2.05) is 4.90 Å². The third-order valence-corrected chi connectivity index (χ3v) is 9.31. The van der Waals surface area contributed by atoms with E-state index in [-0.39, 0.29) is 11.8 Å². The summed E-state index contributed by atoms with van der Waals surface area (Å²) in [6, 6.07) is 3.35. The summed E-state index contributed by atoms with van der Waals surface area (Å²) in [5.41, 5.74) is 2.61. The summed E-state index contributed by atoms with van der Waals surface area (Å²) >= 11 is 2.80. The van der Waals surface area contributed by atoms with E-state index >= 15 is 0 Å². The van der Waals surface area contributed by atoms with Crippen molar-refractivity contribution >= 4 is 38.6 Å². The number of carbonyl (C=O) groups is 1. The highest BCUT2D eigenvalue weighted by Gasteiger charge is 2.29. The molecule has 1 fully saturated rings. The Bertz CT molecular complexity index is 903. The van der Waals surface area contributed by atoms with Crippen molar-refractivity contribution in [3.63, 3.8) is 0 Å².